The third kappa shape index (κ3) is 5.58. The Balaban J connectivity index is 1.98. The van der Waals surface area contributed by atoms with E-state index in [9.17, 15) is 18.0 Å². The zero-order valence-corrected chi connectivity index (χ0v) is 12.9. The van der Waals surface area contributed by atoms with Gasteiger partial charge in [0.15, 0.2) is 6.61 Å². The predicted octanol–water partition coefficient (Wildman–Crippen LogP) is 4.03. The third-order valence-corrected chi connectivity index (χ3v) is 3.01. The van der Waals surface area contributed by atoms with Crippen molar-refractivity contribution in [2.45, 2.75) is 12.8 Å². The zero-order chi connectivity index (χ0) is 17.6. The van der Waals surface area contributed by atoms with Gasteiger partial charge in [0.1, 0.15) is 5.75 Å². The van der Waals surface area contributed by atoms with Gasteiger partial charge in [-0.1, -0.05) is 12.1 Å². The van der Waals surface area contributed by atoms with Crippen LogP contribution in [-0.2, 0) is 11.3 Å². The zero-order valence-electron chi connectivity index (χ0n) is 12.9. The van der Waals surface area contributed by atoms with Gasteiger partial charge in [-0.15, -0.1) is 0 Å². The Kier molecular flexibility index (Phi) is 5.81. The fourth-order valence-corrected chi connectivity index (χ4v) is 1.97. The van der Waals surface area contributed by atoms with Crippen LogP contribution < -0.4 is 10.1 Å². The molecule has 1 amide bonds. The molecule has 2 rings (SSSR count). The molecule has 2 aromatic rings. The molecule has 4 nitrogen and oxygen atoms in total. The maximum Gasteiger partial charge on any atom is 0.422 e. The van der Waals surface area contributed by atoms with E-state index in [4.69, 9.17) is 4.74 Å². The van der Waals surface area contributed by atoms with Gasteiger partial charge < -0.3 is 14.8 Å². The number of hydrogen-bond donors (Lipinski definition) is 1. The van der Waals surface area contributed by atoms with Crippen LogP contribution in [0.5, 0.6) is 5.75 Å². The first-order valence-electron chi connectivity index (χ1n) is 7.06. The van der Waals surface area contributed by atoms with Crippen LogP contribution in [-0.4, -0.2) is 25.8 Å². The molecule has 0 atom stereocenters. The molecule has 2 aromatic carbocycles. The van der Waals surface area contributed by atoms with Crippen LogP contribution in [0.4, 0.5) is 18.9 Å². The summed E-state index contributed by atoms with van der Waals surface area (Å²) in [4.78, 5) is 12.2. The lowest BCUT2D eigenvalue weighted by Crippen LogP contribution is -2.19. The summed E-state index contributed by atoms with van der Waals surface area (Å²) in [6.45, 7) is -0.961. The number of amides is 1. The van der Waals surface area contributed by atoms with E-state index in [1.165, 1.54) is 24.3 Å². The summed E-state index contributed by atoms with van der Waals surface area (Å²) in [7, 11) is 1.56. The number of anilines is 1. The molecule has 128 valence electrons. The Hall–Kier alpha value is -2.54. The fraction of sp³-hybridized carbons (Fsp3) is 0.235. The summed E-state index contributed by atoms with van der Waals surface area (Å²) in [5.41, 5.74) is 1.78. The first kappa shape index (κ1) is 17.8. The number of carbonyl (C=O) groups excluding carboxylic acids is 1. The minimum Gasteiger partial charge on any atom is -0.484 e. The highest BCUT2D eigenvalue weighted by atomic mass is 19.4. The van der Waals surface area contributed by atoms with Gasteiger partial charge in [0.05, 0.1) is 6.61 Å². The molecular formula is C17H16F3NO3. The highest BCUT2D eigenvalue weighted by Crippen LogP contribution is 2.20. The van der Waals surface area contributed by atoms with Gasteiger partial charge in [-0.2, -0.15) is 13.2 Å². The summed E-state index contributed by atoms with van der Waals surface area (Å²) in [6.07, 6.45) is -4.39. The fourth-order valence-electron chi connectivity index (χ4n) is 1.97. The maximum absolute atomic E-state index is 12.2. The Morgan fingerprint density at radius 3 is 2.46 bits per heavy atom. The largest absolute Gasteiger partial charge is 0.484 e. The average Bonchev–Trinajstić information content (AvgIpc) is 2.54. The van der Waals surface area contributed by atoms with Crippen molar-refractivity contribution in [3.63, 3.8) is 0 Å². The van der Waals surface area contributed by atoms with Crippen molar-refractivity contribution in [2.75, 3.05) is 19.0 Å². The van der Waals surface area contributed by atoms with Gasteiger partial charge in [-0.25, -0.2) is 0 Å². The number of carbonyl (C=O) groups is 1. The van der Waals surface area contributed by atoms with Crippen molar-refractivity contribution in [1.29, 1.82) is 0 Å². The molecule has 7 heteroatoms. The van der Waals surface area contributed by atoms with Gasteiger partial charge >= 0.3 is 6.18 Å². The summed E-state index contributed by atoms with van der Waals surface area (Å²) in [5, 5.41) is 2.67. The molecule has 0 bridgehead atoms. The average molecular weight is 339 g/mol. The van der Waals surface area contributed by atoms with Crippen LogP contribution in [0.3, 0.4) is 0 Å². The second-order valence-corrected chi connectivity index (χ2v) is 5.02. The molecule has 0 radical (unpaired) electrons. The van der Waals surface area contributed by atoms with Crippen LogP contribution in [0.1, 0.15) is 15.9 Å². The molecule has 0 saturated heterocycles. The first-order valence-corrected chi connectivity index (χ1v) is 7.06. The van der Waals surface area contributed by atoms with E-state index in [0.717, 1.165) is 5.56 Å². The van der Waals surface area contributed by atoms with Gasteiger partial charge in [-0.05, 0) is 42.0 Å². The minimum absolute atomic E-state index is 0.0763. The molecule has 0 saturated carbocycles. The van der Waals surface area contributed by atoms with Crippen LogP contribution in [0, 0.1) is 0 Å². The highest BCUT2D eigenvalue weighted by Gasteiger charge is 2.28. The molecule has 24 heavy (non-hydrogen) atoms. The Bertz CT molecular complexity index is 684. The van der Waals surface area contributed by atoms with E-state index in [0.29, 0.717) is 17.9 Å². The van der Waals surface area contributed by atoms with Crippen molar-refractivity contribution in [2.24, 2.45) is 0 Å². The number of alkyl halides is 3. The van der Waals surface area contributed by atoms with Crippen molar-refractivity contribution in [3.05, 3.63) is 59.7 Å². The summed E-state index contributed by atoms with van der Waals surface area (Å²) in [5.74, 6) is -0.246. The highest BCUT2D eigenvalue weighted by molar-refractivity contribution is 6.04. The van der Waals surface area contributed by atoms with Crippen molar-refractivity contribution >= 4 is 11.6 Å². The molecule has 0 aliphatic carbocycles. The van der Waals surface area contributed by atoms with Crippen LogP contribution >= 0.6 is 0 Å². The molecule has 0 heterocycles. The third-order valence-electron chi connectivity index (χ3n) is 3.01. The first-order chi connectivity index (χ1) is 11.4. The molecule has 0 spiro atoms. The van der Waals surface area contributed by atoms with E-state index >= 15 is 0 Å². The molecule has 0 aliphatic rings. The molecule has 0 aliphatic heterocycles. The van der Waals surface area contributed by atoms with Crippen LogP contribution in [0.15, 0.2) is 48.5 Å². The second-order valence-electron chi connectivity index (χ2n) is 5.02. The van der Waals surface area contributed by atoms with E-state index < -0.39 is 12.8 Å². The van der Waals surface area contributed by atoms with E-state index in [1.54, 1.807) is 25.3 Å². The van der Waals surface area contributed by atoms with Crippen LogP contribution in [0.25, 0.3) is 0 Å². The molecule has 1 N–H and O–H groups in total. The van der Waals surface area contributed by atoms with Gasteiger partial charge in [0.2, 0.25) is 0 Å². The second kappa shape index (κ2) is 7.83. The molecular weight excluding hydrogens is 323 g/mol. The van der Waals surface area contributed by atoms with Crippen LogP contribution in [0.2, 0.25) is 0 Å². The van der Waals surface area contributed by atoms with Crippen molar-refractivity contribution < 1.29 is 27.4 Å². The predicted molar refractivity (Wildman–Crippen MR) is 83.1 cm³/mol. The number of ether oxygens (including phenoxy) is 2. The number of methoxy groups -OCH3 is 1. The Morgan fingerprint density at radius 2 is 1.83 bits per heavy atom. The Morgan fingerprint density at radius 1 is 1.12 bits per heavy atom. The van der Waals surface area contributed by atoms with Crippen molar-refractivity contribution in [1.82, 2.24) is 0 Å². The van der Waals surface area contributed by atoms with Gasteiger partial charge in [-0.3, -0.25) is 4.79 Å². The lowest BCUT2D eigenvalue weighted by molar-refractivity contribution is -0.153. The van der Waals surface area contributed by atoms with Gasteiger partial charge in [0.25, 0.3) is 5.91 Å². The summed E-state index contributed by atoms with van der Waals surface area (Å²) in [6, 6.07) is 12.6. The standard InChI is InChI=1S/C17H16F3NO3/c1-23-10-12-3-2-4-13(9-12)16(22)21-14-5-7-15(8-6-14)24-11-17(18,19)20/h2-9H,10-11H2,1H3,(H,21,22). The lowest BCUT2D eigenvalue weighted by Gasteiger charge is -2.10. The van der Waals surface area contributed by atoms with Crippen molar-refractivity contribution in [3.8, 4) is 5.75 Å². The molecule has 0 unspecified atom stereocenters. The number of benzene rings is 2. The SMILES string of the molecule is COCc1cccc(C(=O)Nc2ccc(OCC(F)(F)F)cc2)c1. The van der Waals surface area contributed by atoms with E-state index in [1.807, 2.05) is 6.07 Å². The lowest BCUT2D eigenvalue weighted by atomic mass is 10.1. The summed E-state index contributed by atoms with van der Waals surface area (Å²) < 4.78 is 45.9. The summed E-state index contributed by atoms with van der Waals surface area (Å²) >= 11 is 0. The molecule has 0 fully saturated rings. The van der Waals surface area contributed by atoms with E-state index in [-0.39, 0.29) is 11.7 Å². The quantitative estimate of drug-likeness (QED) is 0.864. The monoisotopic (exact) mass is 339 g/mol. The maximum atomic E-state index is 12.2. The van der Waals surface area contributed by atoms with E-state index in [2.05, 4.69) is 10.1 Å². The molecule has 0 aromatic heterocycles. The number of rotatable bonds is 6. The number of hydrogen-bond acceptors (Lipinski definition) is 3. The number of halogens is 3. The smallest absolute Gasteiger partial charge is 0.422 e. The topological polar surface area (TPSA) is 47.6 Å². The minimum atomic E-state index is -4.39. The normalized spacial score (nSPS) is 11.2. The number of nitrogens with one attached hydrogen (secondary N) is 1. The Labute approximate surface area is 137 Å². The van der Waals surface area contributed by atoms with Gasteiger partial charge in [0, 0.05) is 18.4 Å².